The van der Waals surface area contributed by atoms with Gasteiger partial charge in [0, 0.05) is 6.54 Å². The molecule has 0 aliphatic carbocycles. The minimum absolute atomic E-state index is 0.0819. The molecule has 0 aliphatic rings. The van der Waals surface area contributed by atoms with E-state index in [0.717, 1.165) is 12.2 Å². The fourth-order valence-electron chi connectivity index (χ4n) is 1.28. The van der Waals surface area contributed by atoms with E-state index in [1.165, 1.54) is 6.07 Å². The highest BCUT2D eigenvalue weighted by molar-refractivity contribution is 7.98. The van der Waals surface area contributed by atoms with Crippen LogP contribution in [0.25, 0.3) is 0 Å². The van der Waals surface area contributed by atoms with Crippen LogP contribution in [-0.4, -0.2) is 18.6 Å². The Morgan fingerprint density at radius 3 is 2.75 bits per heavy atom. The molecule has 0 aromatic heterocycles. The van der Waals surface area contributed by atoms with Crippen LogP contribution in [0, 0.1) is 5.82 Å². The average molecular weight is 264 g/mol. The third kappa shape index (κ3) is 3.09. The molecule has 90 valence electrons. The molecule has 1 rings (SSSR count). The van der Waals surface area contributed by atoms with E-state index in [9.17, 15) is 4.39 Å². The van der Waals surface area contributed by atoms with Crippen LogP contribution in [0.3, 0.4) is 0 Å². The van der Waals surface area contributed by atoms with Crippen molar-refractivity contribution in [3.63, 3.8) is 0 Å². The lowest BCUT2D eigenvalue weighted by Crippen LogP contribution is -2.08. The number of nitrogen functional groups attached to an aromatic ring is 2. The Bertz CT molecular complexity index is 374. The SMILES string of the molecule is CSCCCNc1c(N)cc(N)c(Cl)c1F. The van der Waals surface area contributed by atoms with E-state index in [-0.39, 0.29) is 22.1 Å². The summed E-state index contributed by atoms with van der Waals surface area (Å²) >= 11 is 7.43. The molecule has 0 aliphatic heterocycles. The van der Waals surface area contributed by atoms with Crippen molar-refractivity contribution in [3.05, 3.63) is 16.9 Å². The van der Waals surface area contributed by atoms with Crippen LogP contribution < -0.4 is 16.8 Å². The van der Waals surface area contributed by atoms with E-state index in [1.54, 1.807) is 11.8 Å². The lowest BCUT2D eigenvalue weighted by Gasteiger charge is -2.12. The molecule has 5 N–H and O–H groups in total. The fraction of sp³-hybridized carbons (Fsp3) is 0.400. The molecule has 0 fully saturated rings. The Labute approximate surface area is 104 Å². The Morgan fingerprint density at radius 1 is 1.44 bits per heavy atom. The van der Waals surface area contributed by atoms with Crippen LogP contribution >= 0.6 is 23.4 Å². The Morgan fingerprint density at radius 2 is 2.12 bits per heavy atom. The Balaban J connectivity index is 2.76. The van der Waals surface area contributed by atoms with E-state index in [0.29, 0.717) is 6.54 Å². The summed E-state index contributed by atoms with van der Waals surface area (Å²) in [6.07, 6.45) is 2.96. The molecule has 0 atom stereocenters. The van der Waals surface area contributed by atoms with Gasteiger partial charge in [0.2, 0.25) is 0 Å². The van der Waals surface area contributed by atoms with Crippen LogP contribution in [-0.2, 0) is 0 Å². The van der Waals surface area contributed by atoms with Crippen molar-refractivity contribution in [2.75, 3.05) is 35.3 Å². The predicted octanol–water partition coefficient (Wildman–Crippen LogP) is 2.81. The summed E-state index contributed by atoms with van der Waals surface area (Å²) in [6, 6.07) is 1.46. The van der Waals surface area contributed by atoms with Crippen molar-refractivity contribution in [1.82, 2.24) is 0 Å². The maximum absolute atomic E-state index is 13.7. The smallest absolute Gasteiger partial charge is 0.169 e. The first-order chi connectivity index (χ1) is 7.57. The summed E-state index contributed by atoms with van der Waals surface area (Å²) in [4.78, 5) is 0. The van der Waals surface area contributed by atoms with Gasteiger partial charge in [-0.15, -0.1) is 0 Å². The van der Waals surface area contributed by atoms with Gasteiger partial charge in [-0.25, -0.2) is 4.39 Å². The molecule has 0 radical (unpaired) electrons. The van der Waals surface area contributed by atoms with Crippen LogP contribution in [0.1, 0.15) is 6.42 Å². The lowest BCUT2D eigenvalue weighted by atomic mass is 10.2. The largest absolute Gasteiger partial charge is 0.397 e. The molecule has 0 heterocycles. The maximum atomic E-state index is 13.7. The van der Waals surface area contributed by atoms with Gasteiger partial charge in [-0.1, -0.05) is 11.6 Å². The predicted molar refractivity (Wildman–Crippen MR) is 71.7 cm³/mol. The van der Waals surface area contributed by atoms with Crippen molar-refractivity contribution < 1.29 is 4.39 Å². The van der Waals surface area contributed by atoms with E-state index >= 15 is 0 Å². The molecule has 16 heavy (non-hydrogen) atoms. The van der Waals surface area contributed by atoms with Crippen molar-refractivity contribution in [2.24, 2.45) is 0 Å². The van der Waals surface area contributed by atoms with Gasteiger partial charge in [-0.3, -0.25) is 0 Å². The minimum Gasteiger partial charge on any atom is -0.397 e. The Kier molecular flexibility index (Phi) is 5.02. The number of nitrogens with two attached hydrogens (primary N) is 2. The first-order valence-electron chi connectivity index (χ1n) is 4.83. The highest BCUT2D eigenvalue weighted by Crippen LogP contribution is 2.33. The molecule has 0 amide bonds. The lowest BCUT2D eigenvalue weighted by molar-refractivity contribution is 0.631. The number of nitrogens with one attached hydrogen (secondary N) is 1. The number of anilines is 3. The number of hydrogen-bond acceptors (Lipinski definition) is 4. The number of benzene rings is 1. The van der Waals surface area contributed by atoms with Gasteiger partial charge >= 0.3 is 0 Å². The normalized spacial score (nSPS) is 10.4. The zero-order valence-electron chi connectivity index (χ0n) is 9.02. The quantitative estimate of drug-likeness (QED) is 0.565. The number of halogens is 2. The van der Waals surface area contributed by atoms with E-state index in [2.05, 4.69) is 5.32 Å². The van der Waals surface area contributed by atoms with E-state index in [1.807, 2.05) is 6.26 Å². The fourth-order valence-corrected chi connectivity index (χ4v) is 1.86. The van der Waals surface area contributed by atoms with Gasteiger partial charge < -0.3 is 16.8 Å². The topological polar surface area (TPSA) is 64.1 Å². The first-order valence-corrected chi connectivity index (χ1v) is 6.60. The summed E-state index contributed by atoms with van der Waals surface area (Å²) in [5.41, 5.74) is 11.8. The average Bonchev–Trinajstić information content (AvgIpc) is 2.25. The van der Waals surface area contributed by atoms with Crippen molar-refractivity contribution in [1.29, 1.82) is 0 Å². The number of hydrogen-bond donors (Lipinski definition) is 3. The Hall–Kier alpha value is -0.810. The van der Waals surface area contributed by atoms with Crippen molar-refractivity contribution in [2.45, 2.75) is 6.42 Å². The second-order valence-corrected chi connectivity index (χ2v) is 4.69. The second kappa shape index (κ2) is 6.06. The first kappa shape index (κ1) is 13.3. The zero-order valence-corrected chi connectivity index (χ0v) is 10.6. The van der Waals surface area contributed by atoms with Crippen LogP contribution in [0.2, 0.25) is 5.02 Å². The molecule has 0 saturated heterocycles. The van der Waals surface area contributed by atoms with Crippen molar-refractivity contribution in [3.8, 4) is 0 Å². The molecule has 0 saturated carbocycles. The summed E-state index contributed by atoms with van der Waals surface area (Å²) in [7, 11) is 0. The van der Waals surface area contributed by atoms with Crippen LogP contribution in [0.15, 0.2) is 6.07 Å². The molecule has 0 spiro atoms. The molecule has 3 nitrogen and oxygen atoms in total. The van der Waals surface area contributed by atoms with E-state index < -0.39 is 5.82 Å². The third-order valence-electron chi connectivity index (χ3n) is 2.09. The molecule has 1 aromatic rings. The van der Waals surface area contributed by atoms with Gasteiger partial charge in [0.15, 0.2) is 5.82 Å². The highest BCUT2D eigenvalue weighted by atomic mass is 35.5. The summed E-state index contributed by atoms with van der Waals surface area (Å²) in [5, 5.41) is 2.85. The van der Waals surface area contributed by atoms with Gasteiger partial charge in [-0.05, 0) is 24.5 Å². The molecular formula is C10H15ClFN3S. The molecule has 6 heteroatoms. The summed E-state index contributed by atoms with van der Waals surface area (Å²) < 4.78 is 13.7. The van der Waals surface area contributed by atoms with Gasteiger partial charge in [-0.2, -0.15) is 11.8 Å². The van der Waals surface area contributed by atoms with Crippen LogP contribution in [0.4, 0.5) is 21.5 Å². The van der Waals surface area contributed by atoms with Crippen molar-refractivity contribution >= 4 is 40.4 Å². The van der Waals surface area contributed by atoms with Gasteiger partial charge in [0.1, 0.15) is 5.02 Å². The highest BCUT2D eigenvalue weighted by Gasteiger charge is 2.13. The third-order valence-corrected chi connectivity index (χ3v) is 3.17. The molecular weight excluding hydrogens is 249 g/mol. The van der Waals surface area contributed by atoms with Gasteiger partial charge in [0.05, 0.1) is 17.1 Å². The molecule has 1 aromatic carbocycles. The summed E-state index contributed by atoms with van der Waals surface area (Å²) in [6.45, 7) is 0.655. The van der Waals surface area contributed by atoms with Crippen LogP contribution in [0.5, 0.6) is 0 Å². The number of rotatable bonds is 5. The van der Waals surface area contributed by atoms with E-state index in [4.69, 9.17) is 23.1 Å². The molecule has 0 bridgehead atoms. The maximum Gasteiger partial charge on any atom is 0.169 e. The monoisotopic (exact) mass is 263 g/mol. The molecule has 0 unspecified atom stereocenters. The number of thioether (sulfide) groups is 1. The van der Waals surface area contributed by atoms with Gasteiger partial charge in [0.25, 0.3) is 0 Å². The second-order valence-electron chi connectivity index (χ2n) is 3.33. The standard InChI is InChI=1S/C10H15ClFN3S/c1-16-4-2-3-15-10-7(14)5-6(13)8(11)9(10)12/h5,15H,2-4,13-14H2,1H3. The minimum atomic E-state index is -0.580. The zero-order chi connectivity index (χ0) is 12.1. The summed E-state index contributed by atoms with van der Waals surface area (Å²) in [5.74, 6) is 0.431.